The highest BCUT2D eigenvalue weighted by Crippen LogP contribution is 2.35. The molecule has 0 spiro atoms. The van der Waals surface area contributed by atoms with E-state index in [1.54, 1.807) is 35.3 Å². The normalized spacial score (nSPS) is 10.8. The summed E-state index contributed by atoms with van der Waals surface area (Å²) >= 11 is 15.0. The van der Waals surface area contributed by atoms with Crippen molar-refractivity contribution in [1.29, 1.82) is 0 Å². The lowest BCUT2D eigenvalue weighted by Crippen LogP contribution is -2.16. The minimum absolute atomic E-state index is 0.0363. The lowest BCUT2D eigenvalue weighted by molar-refractivity contribution is 0.279. The van der Waals surface area contributed by atoms with Gasteiger partial charge in [-0.1, -0.05) is 33.6 Å². The molecule has 0 aliphatic heterocycles. The van der Waals surface area contributed by atoms with Gasteiger partial charge in [0.25, 0.3) is 0 Å². The van der Waals surface area contributed by atoms with Gasteiger partial charge in [0.15, 0.2) is 17.3 Å². The zero-order valence-electron chi connectivity index (χ0n) is 17.3. The first kappa shape index (κ1) is 23.2. The van der Waals surface area contributed by atoms with Gasteiger partial charge in [-0.25, -0.2) is 14.2 Å². The van der Waals surface area contributed by atoms with Crippen LogP contribution in [0.2, 0.25) is 5.02 Å². The van der Waals surface area contributed by atoms with Gasteiger partial charge < -0.3 is 14.9 Å². The van der Waals surface area contributed by atoms with Gasteiger partial charge in [0.2, 0.25) is 4.77 Å². The summed E-state index contributed by atoms with van der Waals surface area (Å²) in [5.41, 5.74) is 5.28. The summed E-state index contributed by atoms with van der Waals surface area (Å²) in [6, 6.07) is 11.8. The quantitative estimate of drug-likeness (QED) is 0.267. The number of nitrogens with zero attached hydrogens (tertiary/aromatic N) is 3. The fraction of sp³-hybridized carbons (Fsp3) is 0.136. The molecule has 0 fully saturated rings. The molecule has 2 N–H and O–H groups in total. The molecule has 0 saturated heterocycles. The zero-order chi connectivity index (χ0) is 23.4. The second kappa shape index (κ2) is 10.3. The van der Waals surface area contributed by atoms with Crippen molar-refractivity contribution >= 4 is 39.7 Å². The Kier molecular flexibility index (Phi) is 7.26. The number of H-pyrrole nitrogens is 1. The number of aromatic amines is 1. The van der Waals surface area contributed by atoms with E-state index in [2.05, 4.69) is 36.5 Å². The van der Waals surface area contributed by atoms with E-state index in [-0.39, 0.29) is 12.2 Å². The van der Waals surface area contributed by atoms with Crippen LogP contribution < -0.4 is 14.9 Å². The van der Waals surface area contributed by atoms with Gasteiger partial charge >= 0.3 is 0 Å². The lowest BCUT2D eigenvalue weighted by atomic mass is 10.2. The Balaban J connectivity index is 1.54. The van der Waals surface area contributed by atoms with Crippen LogP contribution in [0.4, 0.5) is 4.39 Å². The van der Waals surface area contributed by atoms with E-state index in [0.29, 0.717) is 33.7 Å². The van der Waals surface area contributed by atoms with Gasteiger partial charge in [-0.2, -0.15) is 5.10 Å². The van der Waals surface area contributed by atoms with Crippen LogP contribution in [-0.2, 0) is 13.2 Å². The molecule has 11 heteroatoms. The summed E-state index contributed by atoms with van der Waals surface area (Å²) in [5.74, 6) is 1.15. The van der Waals surface area contributed by atoms with E-state index in [1.807, 2.05) is 18.2 Å². The predicted molar refractivity (Wildman–Crippen MR) is 130 cm³/mol. The smallest absolute Gasteiger partial charge is 0.214 e. The summed E-state index contributed by atoms with van der Waals surface area (Å²) in [5, 5.41) is 7.39. The van der Waals surface area contributed by atoms with Gasteiger partial charge in [-0.3, -0.25) is 4.98 Å². The van der Waals surface area contributed by atoms with E-state index in [1.165, 1.54) is 13.2 Å². The molecular formula is C22H18BrClFN5O2S. The fourth-order valence-corrected chi connectivity index (χ4v) is 3.98. The van der Waals surface area contributed by atoms with Crippen LogP contribution >= 0.6 is 39.7 Å². The Bertz CT molecular complexity index is 1310. The highest BCUT2D eigenvalue weighted by molar-refractivity contribution is 9.10. The lowest BCUT2D eigenvalue weighted by Gasteiger charge is -2.16. The van der Waals surface area contributed by atoms with E-state index in [9.17, 15) is 4.39 Å². The first-order chi connectivity index (χ1) is 16.0. The van der Waals surface area contributed by atoms with Crippen LogP contribution in [0.25, 0.3) is 11.4 Å². The number of aromatic nitrogens is 4. The number of methoxy groups -OCH3 is 1. The average Bonchev–Trinajstić information content (AvgIpc) is 3.19. The second-order valence-electron chi connectivity index (χ2n) is 6.84. The average molecular weight is 551 g/mol. The Hall–Kier alpha value is -2.95. The van der Waals surface area contributed by atoms with E-state index >= 15 is 0 Å². The molecule has 0 amide bonds. The molecule has 33 heavy (non-hydrogen) atoms. The van der Waals surface area contributed by atoms with Crippen LogP contribution in [0.1, 0.15) is 11.1 Å². The molecule has 4 aromatic rings. The number of pyridine rings is 1. The summed E-state index contributed by atoms with van der Waals surface area (Å²) in [6.07, 6.45) is 3.37. The fourth-order valence-electron chi connectivity index (χ4n) is 3.11. The summed E-state index contributed by atoms with van der Waals surface area (Å²) in [6.45, 7) is 0.369. The zero-order valence-corrected chi connectivity index (χ0v) is 20.5. The van der Waals surface area contributed by atoms with Crippen LogP contribution in [0.3, 0.4) is 0 Å². The van der Waals surface area contributed by atoms with Gasteiger partial charge in [-0.05, 0) is 54.2 Å². The number of nitrogens with one attached hydrogen (secondary N) is 2. The number of rotatable bonds is 8. The highest BCUT2D eigenvalue weighted by Gasteiger charge is 2.14. The minimum atomic E-state index is -0.428. The Morgan fingerprint density at radius 2 is 2.00 bits per heavy atom. The molecular weight excluding hydrogens is 533 g/mol. The first-order valence-electron chi connectivity index (χ1n) is 9.71. The molecule has 170 valence electrons. The summed E-state index contributed by atoms with van der Waals surface area (Å²) in [4.78, 5) is 4.03. The van der Waals surface area contributed by atoms with Crippen LogP contribution in [0.15, 0.2) is 59.3 Å². The molecule has 2 aromatic carbocycles. The van der Waals surface area contributed by atoms with Crippen molar-refractivity contribution in [1.82, 2.24) is 19.9 Å². The molecule has 0 saturated carbocycles. The van der Waals surface area contributed by atoms with Crippen LogP contribution in [0.5, 0.6) is 11.5 Å². The van der Waals surface area contributed by atoms with Crippen molar-refractivity contribution < 1.29 is 13.9 Å². The molecule has 0 bridgehead atoms. The van der Waals surface area contributed by atoms with Crippen molar-refractivity contribution in [2.75, 3.05) is 12.5 Å². The SMILES string of the molecule is COc1cc(CNn2c(-c3ccncc3)n[nH]c2=S)c(Br)cc1OCc1c(F)cccc1Cl. The monoisotopic (exact) mass is 549 g/mol. The number of halogens is 3. The van der Waals surface area contributed by atoms with Crippen LogP contribution in [0, 0.1) is 10.6 Å². The minimum Gasteiger partial charge on any atom is -0.493 e. The number of benzene rings is 2. The Labute approximate surface area is 207 Å². The highest BCUT2D eigenvalue weighted by atomic mass is 79.9. The first-order valence-corrected chi connectivity index (χ1v) is 11.3. The molecule has 0 radical (unpaired) electrons. The molecule has 2 heterocycles. The van der Waals surface area contributed by atoms with Crippen molar-refractivity contribution in [2.45, 2.75) is 13.2 Å². The molecule has 7 nitrogen and oxygen atoms in total. The van der Waals surface area contributed by atoms with Gasteiger partial charge in [0, 0.05) is 28.0 Å². The molecule has 4 rings (SSSR count). The molecule has 0 unspecified atom stereocenters. The molecule has 2 aromatic heterocycles. The number of hydrogen-bond donors (Lipinski definition) is 2. The van der Waals surface area contributed by atoms with Crippen molar-refractivity contribution in [3.63, 3.8) is 0 Å². The summed E-state index contributed by atoms with van der Waals surface area (Å²) < 4.78 is 28.3. The Morgan fingerprint density at radius 1 is 1.21 bits per heavy atom. The standard InChI is InChI=1S/C22H18BrClFN5O2S/c1-31-19-9-14(11-27-30-21(28-29-22(30)33)13-5-7-26-8-6-13)16(23)10-20(19)32-12-15-17(24)3-2-4-18(15)25/h2-10,27H,11-12H2,1H3,(H,29,33). The van der Waals surface area contributed by atoms with Crippen molar-refractivity contribution in [2.24, 2.45) is 0 Å². The Morgan fingerprint density at radius 3 is 2.73 bits per heavy atom. The molecule has 0 aliphatic rings. The third-order valence-corrected chi connectivity index (χ3v) is 6.17. The van der Waals surface area contributed by atoms with Gasteiger partial charge in [-0.15, -0.1) is 0 Å². The number of hydrogen-bond acceptors (Lipinski definition) is 6. The van der Waals surface area contributed by atoms with Crippen LogP contribution in [-0.4, -0.2) is 27.0 Å². The maximum absolute atomic E-state index is 14.1. The van der Waals surface area contributed by atoms with E-state index in [0.717, 1.165) is 15.6 Å². The third kappa shape index (κ3) is 5.18. The van der Waals surface area contributed by atoms with E-state index < -0.39 is 5.82 Å². The second-order valence-corrected chi connectivity index (χ2v) is 8.49. The van der Waals surface area contributed by atoms with E-state index in [4.69, 9.17) is 33.3 Å². The topological polar surface area (TPSA) is 77.0 Å². The van der Waals surface area contributed by atoms with Crippen molar-refractivity contribution in [3.8, 4) is 22.9 Å². The molecule has 0 aliphatic carbocycles. The largest absolute Gasteiger partial charge is 0.493 e. The maximum atomic E-state index is 14.1. The predicted octanol–water partition coefficient (Wildman–Crippen LogP) is 5.89. The van der Waals surface area contributed by atoms with Gasteiger partial charge in [0.1, 0.15) is 12.4 Å². The third-order valence-electron chi connectivity index (χ3n) is 4.80. The van der Waals surface area contributed by atoms with Crippen molar-refractivity contribution in [3.05, 3.63) is 86.1 Å². The molecule has 0 atom stereocenters. The number of ether oxygens (including phenoxy) is 2. The van der Waals surface area contributed by atoms with Gasteiger partial charge in [0.05, 0.1) is 18.7 Å². The summed E-state index contributed by atoms with van der Waals surface area (Å²) in [7, 11) is 1.54. The maximum Gasteiger partial charge on any atom is 0.214 e.